The Labute approximate surface area is 200 Å². The molecule has 33 heavy (non-hydrogen) atoms. The zero-order chi connectivity index (χ0) is 24.0. The largest absolute Gasteiger partial charge is 0.493 e. The Morgan fingerprint density at radius 1 is 1.09 bits per heavy atom. The van der Waals surface area contributed by atoms with E-state index in [-0.39, 0.29) is 16.5 Å². The lowest BCUT2D eigenvalue weighted by molar-refractivity contribution is 0.0953. The fraction of sp³-hybridized carbons (Fsp3) is 0.250. The zero-order valence-electron chi connectivity index (χ0n) is 18.5. The molecule has 0 unspecified atom stereocenters. The van der Waals surface area contributed by atoms with Crippen molar-refractivity contribution in [1.29, 1.82) is 0 Å². The number of rotatable bonds is 9. The van der Waals surface area contributed by atoms with Crippen LogP contribution in [0.5, 0.6) is 11.5 Å². The molecule has 6 nitrogen and oxygen atoms in total. The van der Waals surface area contributed by atoms with Gasteiger partial charge in [-0.05, 0) is 60.9 Å². The molecule has 2 aromatic carbocycles. The van der Waals surface area contributed by atoms with E-state index in [4.69, 9.17) is 21.1 Å². The summed E-state index contributed by atoms with van der Waals surface area (Å²) in [6.07, 6.45) is 0.889. The Morgan fingerprint density at radius 3 is 2.58 bits per heavy atom. The molecule has 0 aliphatic rings. The second kappa shape index (κ2) is 11.2. The number of hydrogen-bond acceptors (Lipinski definition) is 5. The van der Waals surface area contributed by atoms with Crippen LogP contribution in [0.4, 0.5) is 9.39 Å². The van der Waals surface area contributed by atoms with Gasteiger partial charge in [-0.2, -0.15) is 0 Å². The molecule has 3 rings (SSSR count). The standard InChI is InChI=1S/C24H24ClFN2O4S/c1-4-9-32-19-8-5-15(11-20(19)31-3)13-27-24(30)22-14(2)10-21(33-22)28-23(29)17-7-6-16(26)12-18(17)25/h5-8,10-12H,4,9,13H2,1-3H3,(H,27,30)(H,28,29). The summed E-state index contributed by atoms with van der Waals surface area (Å²) in [6.45, 7) is 4.70. The van der Waals surface area contributed by atoms with Crippen LogP contribution in [0.2, 0.25) is 5.02 Å². The maximum absolute atomic E-state index is 13.2. The SMILES string of the molecule is CCCOc1ccc(CNC(=O)c2sc(NC(=O)c3ccc(F)cc3Cl)cc2C)cc1OC. The minimum absolute atomic E-state index is 0.0142. The van der Waals surface area contributed by atoms with Crippen molar-refractivity contribution >= 4 is 39.8 Å². The van der Waals surface area contributed by atoms with Crippen LogP contribution in [-0.2, 0) is 6.54 Å². The van der Waals surface area contributed by atoms with Gasteiger partial charge in [-0.15, -0.1) is 11.3 Å². The minimum atomic E-state index is -0.525. The predicted octanol–water partition coefficient (Wildman–Crippen LogP) is 5.83. The van der Waals surface area contributed by atoms with Crippen molar-refractivity contribution in [2.45, 2.75) is 26.8 Å². The van der Waals surface area contributed by atoms with Gasteiger partial charge in [0.05, 0.1) is 34.2 Å². The molecule has 0 fully saturated rings. The smallest absolute Gasteiger partial charge is 0.261 e. The summed E-state index contributed by atoms with van der Waals surface area (Å²) in [4.78, 5) is 25.7. The highest BCUT2D eigenvalue weighted by atomic mass is 35.5. The summed E-state index contributed by atoms with van der Waals surface area (Å²) < 4.78 is 24.2. The second-order valence-corrected chi connectivity index (χ2v) is 8.68. The number of ether oxygens (including phenoxy) is 2. The van der Waals surface area contributed by atoms with Crippen molar-refractivity contribution in [2.24, 2.45) is 0 Å². The maximum atomic E-state index is 13.2. The van der Waals surface area contributed by atoms with Crippen molar-refractivity contribution in [2.75, 3.05) is 19.0 Å². The van der Waals surface area contributed by atoms with E-state index in [2.05, 4.69) is 10.6 Å². The van der Waals surface area contributed by atoms with Crippen LogP contribution in [0.1, 0.15) is 44.5 Å². The van der Waals surface area contributed by atoms with Crippen LogP contribution in [0.15, 0.2) is 42.5 Å². The quantitative estimate of drug-likeness (QED) is 0.395. The number of methoxy groups -OCH3 is 1. The van der Waals surface area contributed by atoms with E-state index in [0.717, 1.165) is 41.0 Å². The minimum Gasteiger partial charge on any atom is -0.493 e. The van der Waals surface area contributed by atoms with E-state index >= 15 is 0 Å². The molecule has 3 aromatic rings. The summed E-state index contributed by atoms with van der Waals surface area (Å²) in [5.41, 5.74) is 1.73. The molecule has 2 N–H and O–H groups in total. The second-order valence-electron chi connectivity index (χ2n) is 7.22. The number of aryl methyl sites for hydroxylation is 1. The molecule has 0 atom stereocenters. The van der Waals surface area contributed by atoms with Gasteiger partial charge in [0.25, 0.3) is 11.8 Å². The van der Waals surface area contributed by atoms with Gasteiger partial charge in [-0.1, -0.05) is 24.6 Å². The van der Waals surface area contributed by atoms with Crippen LogP contribution < -0.4 is 20.1 Å². The maximum Gasteiger partial charge on any atom is 0.261 e. The first-order valence-electron chi connectivity index (χ1n) is 10.3. The van der Waals surface area contributed by atoms with Crippen LogP contribution >= 0.6 is 22.9 Å². The molecule has 9 heteroatoms. The highest BCUT2D eigenvalue weighted by Crippen LogP contribution is 2.30. The molecule has 0 bridgehead atoms. The summed E-state index contributed by atoms with van der Waals surface area (Å²) in [5, 5.41) is 6.09. The molecule has 0 aliphatic carbocycles. The molecule has 174 valence electrons. The van der Waals surface area contributed by atoms with Gasteiger partial charge in [0.15, 0.2) is 11.5 Å². The average Bonchev–Trinajstić information content (AvgIpc) is 3.15. The van der Waals surface area contributed by atoms with E-state index in [1.54, 1.807) is 20.1 Å². The highest BCUT2D eigenvalue weighted by molar-refractivity contribution is 7.18. The van der Waals surface area contributed by atoms with E-state index in [0.29, 0.717) is 34.5 Å². The van der Waals surface area contributed by atoms with Crippen molar-refractivity contribution in [3.8, 4) is 11.5 Å². The van der Waals surface area contributed by atoms with Gasteiger partial charge in [-0.25, -0.2) is 4.39 Å². The number of carbonyl (C=O) groups is 2. The van der Waals surface area contributed by atoms with Gasteiger partial charge in [0.1, 0.15) is 5.82 Å². The normalized spacial score (nSPS) is 10.6. The van der Waals surface area contributed by atoms with Crippen molar-refractivity contribution < 1.29 is 23.5 Å². The summed E-state index contributed by atoms with van der Waals surface area (Å²) in [5.74, 6) is -0.00544. The third-order valence-electron chi connectivity index (χ3n) is 4.68. The molecule has 2 amide bonds. The Hall–Kier alpha value is -3.10. The van der Waals surface area contributed by atoms with Crippen LogP contribution in [-0.4, -0.2) is 25.5 Å². The van der Waals surface area contributed by atoms with Crippen molar-refractivity contribution in [3.05, 3.63) is 74.9 Å². The van der Waals surface area contributed by atoms with Crippen LogP contribution in [0.3, 0.4) is 0 Å². The Kier molecular flexibility index (Phi) is 8.30. The lowest BCUT2D eigenvalue weighted by Gasteiger charge is -2.12. The Bertz CT molecular complexity index is 1170. The topological polar surface area (TPSA) is 76.7 Å². The van der Waals surface area contributed by atoms with Gasteiger partial charge < -0.3 is 20.1 Å². The van der Waals surface area contributed by atoms with Crippen molar-refractivity contribution in [3.63, 3.8) is 0 Å². The molecule has 1 heterocycles. The lowest BCUT2D eigenvalue weighted by Crippen LogP contribution is -2.22. The Morgan fingerprint density at radius 2 is 1.88 bits per heavy atom. The third kappa shape index (κ3) is 6.24. The van der Waals surface area contributed by atoms with Gasteiger partial charge in [0, 0.05) is 6.54 Å². The molecule has 0 radical (unpaired) electrons. The zero-order valence-corrected chi connectivity index (χ0v) is 20.0. The number of benzene rings is 2. The number of amides is 2. The van der Waals surface area contributed by atoms with Gasteiger partial charge >= 0.3 is 0 Å². The van der Waals surface area contributed by atoms with Gasteiger partial charge in [0.2, 0.25) is 0 Å². The molecule has 0 saturated heterocycles. The predicted molar refractivity (Wildman–Crippen MR) is 128 cm³/mol. The summed E-state index contributed by atoms with van der Waals surface area (Å²) in [7, 11) is 1.57. The van der Waals surface area contributed by atoms with E-state index in [1.807, 2.05) is 25.1 Å². The first-order chi connectivity index (χ1) is 15.8. The van der Waals surface area contributed by atoms with E-state index < -0.39 is 11.7 Å². The molecule has 0 aliphatic heterocycles. The molecule has 0 saturated carbocycles. The van der Waals surface area contributed by atoms with E-state index in [9.17, 15) is 14.0 Å². The summed E-state index contributed by atoms with van der Waals surface area (Å²) in [6, 6.07) is 10.8. The molecule has 1 aromatic heterocycles. The highest BCUT2D eigenvalue weighted by Gasteiger charge is 2.17. The molecule has 0 spiro atoms. The number of thiophene rings is 1. The monoisotopic (exact) mass is 490 g/mol. The van der Waals surface area contributed by atoms with Gasteiger partial charge in [-0.3, -0.25) is 9.59 Å². The summed E-state index contributed by atoms with van der Waals surface area (Å²) >= 11 is 7.10. The van der Waals surface area contributed by atoms with Crippen molar-refractivity contribution in [1.82, 2.24) is 5.32 Å². The third-order valence-corrected chi connectivity index (χ3v) is 6.14. The molecular weight excluding hydrogens is 467 g/mol. The number of carbonyl (C=O) groups excluding carboxylic acids is 2. The van der Waals surface area contributed by atoms with E-state index in [1.165, 1.54) is 6.07 Å². The number of anilines is 1. The average molecular weight is 491 g/mol. The first kappa shape index (κ1) is 24.5. The van der Waals surface area contributed by atoms with Crippen LogP contribution in [0.25, 0.3) is 0 Å². The fourth-order valence-corrected chi connectivity index (χ4v) is 4.27. The lowest BCUT2D eigenvalue weighted by atomic mass is 10.2. The first-order valence-corrected chi connectivity index (χ1v) is 11.5. The van der Waals surface area contributed by atoms with Crippen LogP contribution in [0, 0.1) is 12.7 Å². The number of nitrogens with one attached hydrogen (secondary N) is 2. The fourth-order valence-electron chi connectivity index (χ4n) is 3.04. The molecular formula is C24H24ClFN2O4S. The number of halogens is 2. The number of hydrogen-bond donors (Lipinski definition) is 2. The Balaban J connectivity index is 1.65.